The number of carbonyl (C=O) groups is 1. The van der Waals surface area contributed by atoms with E-state index in [2.05, 4.69) is 5.32 Å². The van der Waals surface area contributed by atoms with Gasteiger partial charge in [0.2, 0.25) is 10.0 Å². The fourth-order valence-corrected chi connectivity index (χ4v) is 2.76. The topological polar surface area (TPSA) is 89.3 Å². The molecule has 0 heterocycles. The van der Waals surface area contributed by atoms with Crippen LogP contribution in [0.2, 0.25) is 10.0 Å². The van der Waals surface area contributed by atoms with Gasteiger partial charge in [-0.3, -0.25) is 4.79 Å². The van der Waals surface area contributed by atoms with E-state index >= 15 is 0 Å². The summed E-state index contributed by atoms with van der Waals surface area (Å²) in [7, 11) is -3.73. The van der Waals surface area contributed by atoms with Crippen molar-refractivity contribution in [3.8, 4) is 0 Å². The highest BCUT2D eigenvalue weighted by Gasteiger charge is 2.14. The Morgan fingerprint density at radius 2 is 1.70 bits per heavy atom. The van der Waals surface area contributed by atoms with Gasteiger partial charge in [0.25, 0.3) is 5.91 Å². The molecular formula is C15H14Cl2N2O3S. The number of sulfonamides is 1. The van der Waals surface area contributed by atoms with E-state index in [0.717, 1.165) is 5.56 Å². The van der Waals surface area contributed by atoms with E-state index < -0.39 is 10.0 Å². The molecule has 5 nitrogen and oxygen atoms in total. The quantitative estimate of drug-likeness (QED) is 0.863. The van der Waals surface area contributed by atoms with Crippen molar-refractivity contribution in [1.29, 1.82) is 0 Å². The van der Waals surface area contributed by atoms with Gasteiger partial charge in [-0.2, -0.15) is 0 Å². The van der Waals surface area contributed by atoms with Crippen molar-refractivity contribution in [2.75, 3.05) is 0 Å². The summed E-state index contributed by atoms with van der Waals surface area (Å²) in [6.45, 7) is 1.78. The predicted octanol–water partition coefficient (Wildman–Crippen LogP) is 3.13. The molecule has 0 saturated heterocycles. The SMILES string of the molecule is C[C@@H](NC(=O)c1ccc(Cl)c(Cl)c1)c1ccc(S(N)(=O)=O)cc1. The first-order valence-corrected chi connectivity index (χ1v) is 8.87. The van der Waals surface area contributed by atoms with E-state index in [4.69, 9.17) is 28.3 Å². The average molecular weight is 373 g/mol. The van der Waals surface area contributed by atoms with Gasteiger partial charge >= 0.3 is 0 Å². The molecule has 8 heteroatoms. The second kappa shape index (κ2) is 6.88. The van der Waals surface area contributed by atoms with Crippen molar-refractivity contribution in [3.63, 3.8) is 0 Å². The third kappa shape index (κ3) is 4.45. The second-order valence-electron chi connectivity index (χ2n) is 4.94. The Labute approximate surface area is 144 Å². The van der Waals surface area contributed by atoms with E-state index in [9.17, 15) is 13.2 Å². The lowest BCUT2D eigenvalue weighted by molar-refractivity contribution is 0.0940. The molecule has 0 aliphatic rings. The highest BCUT2D eigenvalue weighted by molar-refractivity contribution is 7.89. The zero-order valence-corrected chi connectivity index (χ0v) is 14.4. The van der Waals surface area contributed by atoms with Crippen LogP contribution in [-0.2, 0) is 10.0 Å². The molecular weight excluding hydrogens is 359 g/mol. The summed E-state index contributed by atoms with van der Waals surface area (Å²) in [5, 5.41) is 8.51. The number of rotatable bonds is 4. The van der Waals surface area contributed by atoms with E-state index in [1.165, 1.54) is 18.2 Å². The van der Waals surface area contributed by atoms with Gasteiger partial charge in [0.15, 0.2) is 0 Å². The van der Waals surface area contributed by atoms with Crippen molar-refractivity contribution in [2.45, 2.75) is 17.9 Å². The Balaban J connectivity index is 2.13. The summed E-state index contributed by atoms with van der Waals surface area (Å²) in [6.07, 6.45) is 0. The van der Waals surface area contributed by atoms with Gasteiger partial charge in [-0.15, -0.1) is 0 Å². The molecule has 0 aliphatic heterocycles. The van der Waals surface area contributed by atoms with Crippen LogP contribution in [0.25, 0.3) is 0 Å². The van der Waals surface area contributed by atoms with Crippen LogP contribution in [0.15, 0.2) is 47.4 Å². The van der Waals surface area contributed by atoms with Crippen LogP contribution in [0.1, 0.15) is 28.9 Å². The Morgan fingerprint density at radius 3 is 2.22 bits per heavy atom. The van der Waals surface area contributed by atoms with Crippen LogP contribution < -0.4 is 10.5 Å². The Bertz CT molecular complexity index is 836. The highest BCUT2D eigenvalue weighted by Crippen LogP contribution is 2.23. The van der Waals surface area contributed by atoms with Gasteiger partial charge in [-0.1, -0.05) is 35.3 Å². The lowest BCUT2D eigenvalue weighted by Gasteiger charge is -2.15. The van der Waals surface area contributed by atoms with E-state index in [1.54, 1.807) is 31.2 Å². The number of primary sulfonamides is 1. The smallest absolute Gasteiger partial charge is 0.251 e. The number of benzene rings is 2. The molecule has 2 aromatic carbocycles. The minimum atomic E-state index is -3.73. The van der Waals surface area contributed by atoms with Crippen LogP contribution in [-0.4, -0.2) is 14.3 Å². The van der Waals surface area contributed by atoms with Crippen molar-refractivity contribution in [3.05, 3.63) is 63.6 Å². The third-order valence-corrected chi connectivity index (χ3v) is 4.91. The number of nitrogens with one attached hydrogen (secondary N) is 1. The average Bonchev–Trinajstić information content (AvgIpc) is 2.49. The molecule has 0 aromatic heterocycles. The molecule has 2 rings (SSSR count). The molecule has 0 saturated carbocycles. The molecule has 2 aromatic rings. The predicted molar refractivity (Wildman–Crippen MR) is 90.2 cm³/mol. The molecule has 0 aliphatic carbocycles. The Kier molecular flexibility index (Phi) is 5.31. The molecule has 0 spiro atoms. The van der Waals surface area contributed by atoms with E-state index in [0.29, 0.717) is 15.6 Å². The molecule has 0 radical (unpaired) electrons. The van der Waals surface area contributed by atoms with Crippen molar-refractivity contribution in [1.82, 2.24) is 5.32 Å². The number of halogens is 2. The molecule has 1 atom stereocenters. The normalized spacial score (nSPS) is 12.7. The summed E-state index contributed by atoms with van der Waals surface area (Å²) in [6, 6.07) is 10.3. The minimum absolute atomic E-state index is 0.0178. The summed E-state index contributed by atoms with van der Waals surface area (Å²) in [4.78, 5) is 12.2. The zero-order valence-electron chi connectivity index (χ0n) is 12.1. The number of carbonyl (C=O) groups excluding carboxylic acids is 1. The molecule has 23 heavy (non-hydrogen) atoms. The van der Waals surface area contributed by atoms with Crippen LogP contribution in [0.3, 0.4) is 0 Å². The Hall–Kier alpha value is -1.60. The lowest BCUT2D eigenvalue weighted by atomic mass is 10.1. The molecule has 0 bridgehead atoms. The molecule has 3 N–H and O–H groups in total. The fraction of sp³-hybridized carbons (Fsp3) is 0.133. The van der Waals surface area contributed by atoms with Gasteiger partial charge in [0.1, 0.15) is 0 Å². The monoisotopic (exact) mass is 372 g/mol. The third-order valence-electron chi connectivity index (χ3n) is 3.24. The van der Waals surface area contributed by atoms with Gasteiger partial charge < -0.3 is 5.32 Å². The molecule has 122 valence electrons. The lowest BCUT2D eigenvalue weighted by Crippen LogP contribution is -2.26. The minimum Gasteiger partial charge on any atom is -0.346 e. The van der Waals surface area contributed by atoms with Crippen molar-refractivity contribution in [2.24, 2.45) is 5.14 Å². The Morgan fingerprint density at radius 1 is 1.09 bits per heavy atom. The molecule has 0 unspecified atom stereocenters. The van der Waals surface area contributed by atoms with Crippen molar-refractivity contribution < 1.29 is 13.2 Å². The second-order valence-corrected chi connectivity index (χ2v) is 7.31. The van der Waals surface area contributed by atoms with Gasteiger partial charge in [-0.05, 0) is 42.8 Å². The van der Waals surface area contributed by atoms with E-state index in [1.807, 2.05) is 0 Å². The van der Waals surface area contributed by atoms with Crippen molar-refractivity contribution >= 4 is 39.1 Å². The first kappa shape index (κ1) is 17.7. The molecule has 1 amide bonds. The number of amides is 1. The number of hydrogen-bond donors (Lipinski definition) is 2. The fourth-order valence-electron chi connectivity index (χ4n) is 1.95. The molecule has 0 fully saturated rings. The van der Waals surface area contributed by atoms with Crippen LogP contribution >= 0.6 is 23.2 Å². The van der Waals surface area contributed by atoms with Gasteiger partial charge in [0.05, 0.1) is 21.0 Å². The van der Waals surface area contributed by atoms with Crippen LogP contribution in [0, 0.1) is 0 Å². The maximum atomic E-state index is 12.2. The largest absolute Gasteiger partial charge is 0.346 e. The zero-order chi connectivity index (χ0) is 17.2. The maximum absolute atomic E-state index is 12.2. The first-order valence-electron chi connectivity index (χ1n) is 6.57. The summed E-state index contributed by atoms with van der Waals surface area (Å²) in [5.41, 5.74) is 1.12. The number of hydrogen-bond acceptors (Lipinski definition) is 3. The van der Waals surface area contributed by atoms with Gasteiger partial charge in [0, 0.05) is 5.56 Å². The first-order chi connectivity index (χ1) is 10.7. The standard InChI is InChI=1S/C15H14Cl2N2O3S/c1-9(10-2-5-12(6-3-10)23(18,21)22)19-15(20)11-4-7-13(16)14(17)8-11/h2-9H,1H3,(H,19,20)(H2,18,21,22)/t9-/m1/s1. The summed E-state index contributed by atoms with van der Waals surface area (Å²) < 4.78 is 22.4. The summed E-state index contributed by atoms with van der Waals surface area (Å²) >= 11 is 11.7. The number of nitrogens with two attached hydrogens (primary N) is 1. The highest BCUT2D eigenvalue weighted by atomic mass is 35.5. The van der Waals surface area contributed by atoms with Crippen LogP contribution in [0.4, 0.5) is 0 Å². The van der Waals surface area contributed by atoms with Crippen LogP contribution in [0.5, 0.6) is 0 Å². The maximum Gasteiger partial charge on any atom is 0.251 e. The van der Waals surface area contributed by atoms with Gasteiger partial charge in [-0.25, -0.2) is 13.6 Å². The van der Waals surface area contributed by atoms with E-state index in [-0.39, 0.29) is 16.8 Å². The summed E-state index contributed by atoms with van der Waals surface area (Å²) in [5.74, 6) is -0.313.